The Morgan fingerprint density at radius 1 is 1.04 bits per heavy atom. The Bertz CT molecular complexity index is 783. The SMILES string of the molecule is Cl.O=C(O)[C@H]1CCCN(CCC=C2c3ccccc3-c3ccccc32)C1. The molecule has 136 valence electrons. The third-order valence-electron chi connectivity index (χ3n) is 5.37. The molecule has 0 spiro atoms. The molecule has 1 atom stereocenters. The fraction of sp³-hybridized carbons (Fsp3) is 0.318. The largest absolute Gasteiger partial charge is 0.481 e. The van der Waals surface area contributed by atoms with Crippen molar-refractivity contribution in [1.29, 1.82) is 0 Å². The molecule has 1 aliphatic heterocycles. The molecule has 0 amide bonds. The van der Waals surface area contributed by atoms with E-state index in [1.54, 1.807) is 0 Å². The van der Waals surface area contributed by atoms with Crippen LogP contribution in [0.15, 0.2) is 54.6 Å². The fourth-order valence-corrected chi connectivity index (χ4v) is 4.12. The third-order valence-corrected chi connectivity index (χ3v) is 5.37. The first kappa shape index (κ1) is 18.7. The van der Waals surface area contributed by atoms with E-state index in [0.717, 1.165) is 32.4 Å². The minimum Gasteiger partial charge on any atom is -0.481 e. The van der Waals surface area contributed by atoms with Crippen molar-refractivity contribution in [3.63, 3.8) is 0 Å². The van der Waals surface area contributed by atoms with Crippen LogP contribution in [0.25, 0.3) is 16.7 Å². The number of halogens is 1. The Labute approximate surface area is 160 Å². The summed E-state index contributed by atoms with van der Waals surface area (Å²) in [5.41, 5.74) is 6.57. The molecular formula is C22H24ClNO2. The van der Waals surface area contributed by atoms with Crippen LogP contribution in [0, 0.1) is 5.92 Å². The molecule has 4 rings (SSSR count). The number of carbonyl (C=O) groups is 1. The Morgan fingerprint density at radius 3 is 2.19 bits per heavy atom. The first-order valence-electron chi connectivity index (χ1n) is 9.08. The third kappa shape index (κ3) is 3.55. The molecule has 0 aromatic heterocycles. The standard InChI is InChI=1S/C22H23NO2.ClH/c24-22(25)16-7-5-13-23(15-16)14-6-12-21-19-10-3-1-8-17(19)18-9-2-4-11-20(18)21;/h1-4,8-12,16H,5-7,13-15H2,(H,24,25);1H/t16-;/m0./s1. The van der Waals surface area contributed by atoms with Crippen LogP contribution in [0.3, 0.4) is 0 Å². The molecular weight excluding hydrogens is 346 g/mol. The van der Waals surface area contributed by atoms with Gasteiger partial charge in [0.1, 0.15) is 0 Å². The van der Waals surface area contributed by atoms with E-state index in [9.17, 15) is 9.90 Å². The molecule has 2 aromatic carbocycles. The summed E-state index contributed by atoms with van der Waals surface area (Å²) >= 11 is 0. The van der Waals surface area contributed by atoms with Crippen molar-refractivity contribution in [3.05, 3.63) is 65.7 Å². The van der Waals surface area contributed by atoms with Crippen LogP contribution in [-0.2, 0) is 4.79 Å². The van der Waals surface area contributed by atoms with E-state index >= 15 is 0 Å². The van der Waals surface area contributed by atoms with Crippen molar-refractivity contribution in [3.8, 4) is 11.1 Å². The Morgan fingerprint density at radius 2 is 1.62 bits per heavy atom. The zero-order valence-corrected chi connectivity index (χ0v) is 15.5. The van der Waals surface area contributed by atoms with E-state index in [1.807, 2.05) is 0 Å². The predicted molar refractivity (Wildman–Crippen MR) is 108 cm³/mol. The lowest BCUT2D eigenvalue weighted by Crippen LogP contribution is -2.39. The van der Waals surface area contributed by atoms with Crippen molar-refractivity contribution in [1.82, 2.24) is 4.90 Å². The van der Waals surface area contributed by atoms with E-state index in [-0.39, 0.29) is 18.3 Å². The van der Waals surface area contributed by atoms with E-state index in [0.29, 0.717) is 6.54 Å². The number of carboxylic acid groups (broad SMARTS) is 1. The number of aliphatic carboxylic acids is 1. The van der Waals surface area contributed by atoms with E-state index in [4.69, 9.17) is 0 Å². The van der Waals surface area contributed by atoms with Gasteiger partial charge in [0.05, 0.1) is 5.92 Å². The topological polar surface area (TPSA) is 40.5 Å². The number of carboxylic acids is 1. The molecule has 0 unspecified atom stereocenters. The monoisotopic (exact) mass is 369 g/mol. The normalized spacial score (nSPS) is 18.6. The Balaban J connectivity index is 0.00000196. The number of nitrogens with zero attached hydrogens (tertiary/aromatic N) is 1. The summed E-state index contributed by atoms with van der Waals surface area (Å²) in [5.74, 6) is -0.851. The zero-order chi connectivity index (χ0) is 17.2. The second-order valence-electron chi connectivity index (χ2n) is 6.98. The van der Waals surface area contributed by atoms with Crippen LogP contribution in [0.5, 0.6) is 0 Å². The van der Waals surface area contributed by atoms with Crippen molar-refractivity contribution in [2.75, 3.05) is 19.6 Å². The van der Waals surface area contributed by atoms with Gasteiger partial charge in [-0.05, 0) is 53.6 Å². The summed E-state index contributed by atoms with van der Waals surface area (Å²) in [5, 5.41) is 9.23. The first-order chi connectivity index (χ1) is 12.2. The molecule has 1 saturated heterocycles. The van der Waals surface area contributed by atoms with Gasteiger partial charge in [0, 0.05) is 13.1 Å². The molecule has 2 aliphatic rings. The Hall–Kier alpha value is -2.10. The summed E-state index contributed by atoms with van der Waals surface area (Å²) < 4.78 is 0. The van der Waals surface area contributed by atoms with Gasteiger partial charge in [-0.3, -0.25) is 4.79 Å². The van der Waals surface area contributed by atoms with Crippen LogP contribution in [0.1, 0.15) is 30.4 Å². The average Bonchev–Trinajstić information content (AvgIpc) is 2.96. The molecule has 4 heteroatoms. The van der Waals surface area contributed by atoms with Gasteiger partial charge in [-0.2, -0.15) is 0 Å². The quantitative estimate of drug-likeness (QED) is 0.724. The van der Waals surface area contributed by atoms with Crippen molar-refractivity contribution >= 4 is 23.9 Å². The summed E-state index contributed by atoms with van der Waals surface area (Å²) in [4.78, 5) is 13.5. The molecule has 1 aliphatic carbocycles. The molecule has 1 heterocycles. The summed E-state index contributed by atoms with van der Waals surface area (Å²) in [6, 6.07) is 17.2. The summed E-state index contributed by atoms with van der Waals surface area (Å²) in [7, 11) is 0. The van der Waals surface area contributed by atoms with Gasteiger partial charge in [-0.1, -0.05) is 54.6 Å². The molecule has 2 aromatic rings. The van der Waals surface area contributed by atoms with Gasteiger partial charge in [0.15, 0.2) is 0 Å². The van der Waals surface area contributed by atoms with Gasteiger partial charge in [-0.25, -0.2) is 0 Å². The van der Waals surface area contributed by atoms with Crippen LogP contribution < -0.4 is 0 Å². The molecule has 1 N–H and O–H groups in total. The second kappa shape index (κ2) is 8.07. The van der Waals surface area contributed by atoms with E-state index in [2.05, 4.69) is 59.5 Å². The fourth-order valence-electron chi connectivity index (χ4n) is 4.12. The summed E-state index contributed by atoms with van der Waals surface area (Å²) in [6.45, 7) is 2.63. The maximum Gasteiger partial charge on any atom is 0.307 e. The van der Waals surface area contributed by atoms with Crippen LogP contribution in [-0.4, -0.2) is 35.6 Å². The lowest BCUT2D eigenvalue weighted by Gasteiger charge is -2.30. The van der Waals surface area contributed by atoms with Crippen LogP contribution in [0.4, 0.5) is 0 Å². The van der Waals surface area contributed by atoms with Gasteiger partial charge in [-0.15, -0.1) is 12.4 Å². The highest BCUT2D eigenvalue weighted by molar-refractivity contribution is 6.01. The molecule has 0 saturated carbocycles. The van der Waals surface area contributed by atoms with E-state index < -0.39 is 5.97 Å². The van der Waals surface area contributed by atoms with Crippen LogP contribution in [0.2, 0.25) is 0 Å². The molecule has 26 heavy (non-hydrogen) atoms. The second-order valence-corrected chi connectivity index (χ2v) is 6.98. The van der Waals surface area contributed by atoms with Crippen LogP contribution >= 0.6 is 12.4 Å². The molecule has 0 radical (unpaired) electrons. The maximum atomic E-state index is 11.2. The number of hydrogen-bond acceptors (Lipinski definition) is 2. The highest BCUT2D eigenvalue weighted by Crippen LogP contribution is 2.43. The minimum absolute atomic E-state index is 0. The average molecular weight is 370 g/mol. The lowest BCUT2D eigenvalue weighted by molar-refractivity contribution is -0.143. The molecule has 3 nitrogen and oxygen atoms in total. The Kier molecular flexibility index (Phi) is 5.80. The first-order valence-corrected chi connectivity index (χ1v) is 9.08. The zero-order valence-electron chi connectivity index (χ0n) is 14.7. The summed E-state index contributed by atoms with van der Waals surface area (Å²) in [6.07, 6.45) is 5.08. The highest BCUT2D eigenvalue weighted by atomic mass is 35.5. The number of rotatable bonds is 4. The number of likely N-dealkylation sites (tertiary alicyclic amines) is 1. The minimum atomic E-state index is -0.651. The van der Waals surface area contributed by atoms with E-state index in [1.165, 1.54) is 27.8 Å². The van der Waals surface area contributed by atoms with Crippen molar-refractivity contribution < 1.29 is 9.90 Å². The van der Waals surface area contributed by atoms with Gasteiger partial charge < -0.3 is 10.0 Å². The van der Waals surface area contributed by atoms with Gasteiger partial charge >= 0.3 is 5.97 Å². The van der Waals surface area contributed by atoms with Crippen molar-refractivity contribution in [2.24, 2.45) is 5.92 Å². The lowest BCUT2D eigenvalue weighted by atomic mass is 9.98. The predicted octanol–water partition coefficient (Wildman–Crippen LogP) is 4.71. The molecule has 0 bridgehead atoms. The van der Waals surface area contributed by atoms with Gasteiger partial charge in [0.25, 0.3) is 0 Å². The van der Waals surface area contributed by atoms with Crippen molar-refractivity contribution in [2.45, 2.75) is 19.3 Å². The highest BCUT2D eigenvalue weighted by Gasteiger charge is 2.25. The van der Waals surface area contributed by atoms with Gasteiger partial charge in [0.2, 0.25) is 0 Å². The molecule has 1 fully saturated rings. The number of piperidine rings is 1. The smallest absolute Gasteiger partial charge is 0.307 e. The maximum absolute atomic E-state index is 11.2. The number of fused-ring (bicyclic) bond motifs is 3. The number of hydrogen-bond donors (Lipinski definition) is 1. The number of benzene rings is 2.